The molecule has 0 radical (unpaired) electrons. The molecule has 0 bridgehead atoms. The lowest BCUT2D eigenvalue weighted by atomic mass is 9.89. The van der Waals surface area contributed by atoms with Gasteiger partial charge in [-0.05, 0) is 93.3 Å². The number of likely N-dealkylation sites (tertiary alicyclic amines) is 1. The van der Waals surface area contributed by atoms with Crippen LogP contribution in [0, 0.1) is 11.8 Å². The highest BCUT2D eigenvalue weighted by molar-refractivity contribution is 5.82. The van der Waals surface area contributed by atoms with Crippen LogP contribution in [0.3, 0.4) is 0 Å². The van der Waals surface area contributed by atoms with Crippen molar-refractivity contribution in [3.8, 4) is 22.3 Å². The molecule has 1 fully saturated rings. The number of aryl methyl sites for hydroxylation is 1. The molecule has 1 aliphatic rings. The molecule has 0 atom stereocenters. The molecule has 1 N–H and O–H groups in total. The molecule has 0 aliphatic carbocycles. The van der Waals surface area contributed by atoms with Crippen LogP contribution < -0.4 is 10.9 Å². The molecule has 6 rings (SSSR count). The predicted octanol–water partition coefficient (Wildman–Crippen LogP) is 6.37. The van der Waals surface area contributed by atoms with E-state index >= 15 is 4.39 Å². The van der Waals surface area contributed by atoms with Gasteiger partial charge in [0.25, 0.3) is 5.56 Å². The topological polar surface area (TPSA) is 75.9 Å². The van der Waals surface area contributed by atoms with E-state index in [0.717, 1.165) is 31.6 Å². The van der Waals surface area contributed by atoms with Crippen molar-refractivity contribution in [3.63, 3.8) is 0 Å². The van der Waals surface area contributed by atoms with Gasteiger partial charge in [-0.15, -0.1) is 0 Å². The SMILES string of the molecule is CCn1c(=O)c(-c2ccc(-c3cccnc3F)cc2F)cc2cnc(Nc3ccc(C4CCN(C)CC4)cc3)nc21. The summed E-state index contributed by atoms with van der Waals surface area (Å²) in [4.78, 5) is 28.6. The molecule has 4 heterocycles. The molecule has 0 unspecified atom stereocenters. The first-order valence-electron chi connectivity index (χ1n) is 13.8. The molecule has 1 saturated heterocycles. The molecule has 5 aromatic rings. The first-order chi connectivity index (χ1) is 19.9. The van der Waals surface area contributed by atoms with Crippen LogP contribution in [0.25, 0.3) is 33.3 Å². The normalized spacial score (nSPS) is 14.4. The van der Waals surface area contributed by atoms with Gasteiger partial charge >= 0.3 is 0 Å². The smallest absolute Gasteiger partial charge is 0.260 e. The van der Waals surface area contributed by atoms with Gasteiger partial charge in [-0.25, -0.2) is 14.4 Å². The molecular weight excluding hydrogens is 522 g/mol. The standard InChI is InChI=1S/C32H30F2N6O/c1-3-40-30-23(17-27(31(40)41)26-11-8-22(18-28(26)33)25-5-4-14-35-29(25)34)19-36-32(38-30)37-24-9-6-20(7-10-24)21-12-15-39(2)16-13-21/h4-11,14,17-19,21H,3,12-13,15-16H2,1-2H3,(H,36,37,38). The molecule has 0 saturated carbocycles. The number of fused-ring (bicyclic) bond motifs is 1. The number of nitrogens with zero attached hydrogens (tertiary/aromatic N) is 5. The van der Waals surface area contributed by atoms with Crippen molar-refractivity contribution >= 4 is 22.7 Å². The van der Waals surface area contributed by atoms with E-state index in [0.29, 0.717) is 35.0 Å². The van der Waals surface area contributed by atoms with E-state index in [4.69, 9.17) is 0 Å². The fraction of sp³-hybridized carbons (Fsp3) is 0.250. The number of hydrogen-bond donors (Lipinski definition) is 1. The molecule has 41 heavy (non-hydrogen) atoms. The zero-order valence-electron chi connectivity index (χ0n) is 22.9. The Morgan fingerprint density at radius 3 is 2.44 bits per heavy atom. The van der Waals surface area contributed by atoms with Gasteiger partial charge in [0.05, 0.1) is 5.56 Å². The Labute approximate surface area is 236 Å². The van der Waals surface area contributed by atoms with Crippen LogP contribution in [-0.2, 0) is 6.54 Å². The minimum atomic E-state index is -0.687. The summed E-state index contributed by atoms with van der Waals surface area (Å²) in [5.41, 5.74) is 3.11. The van der Waals surface area contributed by atoms with Gasteiger partial charge in [0.15, 0.2) is 0 Å². The Balaban J connectivity index is 1.29. The average Bonchev–Trinajstić information content (AvgIpc) is 2.98. The summed E-state index contributed by atoms with van der Waals surface area (Å²) in [5.74, 6) is -0.378. The fourth-order valence-electron chi connectivity index (χ4n) is 5.52. The largest absolute Gasteiger partial charge is 0.324 e. The van der Waals surface area contributed by atoms with E-state index in [2.05, 4.69) is 44.3 Å². The second kappa shape index (κ2) is 11.2. The van der Waals surface area contributed by atoms with Gasteiger partial charge < -0.3 is 10.2 Å². The number of anilines is 2. The summed E-state index contributed by atoms with van der Waals surface area (Å²) in [7, 11) is 2.16. The predicted molar refractivity (Wildman–Crippen MR) is 157 cm³/mol. The lowest BCUT2D eigenvalue weighted by Gasteiger charge is -2.29. The van der Waals surface area contributed by atoms with Crippen molar-refractivity contribution < 1.29 is 8.78 Å². The molecule has 208 valence electrons. The van der Waals surface area contributed by atoms with Gasteiger partial charge in [0.1, 0.15) is 11.5 Å². The monoisotopic (exact) mass is 552 g/mol. The van der Waals surface area contributed by atoms with Crippen LogP contribution >= 0.6 is 0 Å². The second-order valence-electron chi connectivity index (χ2n) is 10.4. The fourth-order valence-corrected chi connectivity index (χ4v) is 5.52. The molecule has 7 nitrogen and oxygen atoms in total. The van der Waals surface area contributed by atoms with E-state index in [1.54, 1.807) is 24.4 Å². The van der Waals surface area contributed by atoms with Crippen LogP contribution in [-0.4, -0.2) is 44.6 Å². The number of halogens is 2. The molecule has 3 aromatic heterocycles. The molecular formula is C32H30F2N6O. The van der Waals surface area contributed by atoms with Gasteiger partial charge in [0, 0.05) is 41.1 Å². The first kappa shape index (κ1) is 26.7. The van der Waals surface area contributed by atoms with Crippen molar-refractivity contribution in [3.05, 3.63) is 101 Å². The summed E-state index contributed by atoms with van der Waals surface area (Å²) in [6.45, 7) is 4.40. The molecule has 2 aromatic carbocycles. The third-order valence-electron chi connectivity index (χ3n) is 7.83. The quantitative estimate of drug-likeness (QED) is 0.247. The molecule has 1 aliphatic heterocycles. The van der Waals surface area contributed by atoms with Gasteiger partial charge in [0.2, 0.25) is 11.9 Å². The Hall–Kier alpha value is -4.50. The van der Waals surface area contributed by atoms with E-state index in [1.807, 2.05) is 19.1 Å². The van der Waals surface area contributed by atoms with Crippen LogP contribution in [0.15, 0.2) is 77.9 Å². The summed E-state index contributed by atoms with van der Waals surface area (Å²) >= 11 is 0. The maximum Gasteiger partial charge on any atom is 0.260 e. The maximum atomic E-state index is 15.3. The van der Waals surface area contributed by atoms with Crippen molar-refractivity contribution in [2.45, 2.75) is 32.2 Å². The van der Waals surface area contributed by atoms with Gasteiger partial charge in [-0.1, -0.05) is 24.3 Å². The minimum Gasteiger partial charge on any atom is -0.324 e. The summed E-state index contributed by atoms with van der Waals surface area (Å²) in [5, 5.41) is 3.85. The first-order valence-corrected chi connectivity index (χ1v) is 13.8. The number of nitrogens with one attached hydrogen (secondary N) is 1. The number of hydrogen-bond acceptors (Lipinski definition) is 6. The highest BCUT2D eigenvalue weighted by Crippen LogP contribution is 2.30. The van der Waals surface area contributed by atoms with Crippen molar-refractivity contribution in [1.29, 1.82) is 0 Å². The Bertz CT molecular complexity index is 1780. The minimum absolute atomic E-state index is 0.124. The van der Waals surface area contributed by atoms with Crippen LogP contribution in [0.4, 0.5) is 20.4 Å². The van der Waals surface area contributed by atoms with E-state index < -0.39 is 11.8 Å². The van der Waals surface area contributed by atoms with Crippen LogP contribution in [0.1, 0.15) is 31.2 Å². The number of piperidine rings is 1. The van der Waals surface area contributed by atoms with Crippen molar-refractivity contribution in [2.24, 2.45) is 0 Å². The highest BCUT2D eigenvalue weighted by atomic mass is 19.1. The lowest BCUT2D eigenvalue weighted by molar-refractivity contribution is 0.255. The Morgan fingerprint density at radius 2 is 1.73 bits per heavy atom. The maximum absolute atomic E-state index is 15.3. The number of pyridine rings is 2. The number of benzene rings is 2. The van der Waals surface area contributed by atoms with Crippen molar-refractivity contribution in [1.82, 2.24) is 24.4 Å². The summed E-state index contributed by atoms with van der Waals surface area (Å²) in [6.07, 6.45) is 5.28. The third kappa shape index (κ3) is 5.32. The van der Waals surface area contributed by atoms with Crippen molar-refractivity contribution in [2.75, 3.05) is 25.5 Å². The van der Waals surface area contributed by atoms with E-state index in [1.165, 1.54) is 34.5 Å². The van der Waals surface area contributed by atoms with Gasteiger partial charge in [-0.2, -0.15) is 9.37 Å². The van der Waals surface area contributed by atoms with E-state index in [9.17, 15) is 9.18 Å². The zero-order chi connectivity index (χ0) is 28.5. The third-order valence-corrected chi connectivity index (χ3v) is 7.83. The summed E-state index contributed by atoms with van der Waals surface area (Å²) in [6, 6.07) is 17.4. The average molecular weight is 553 g/mol. The molecule has 0 spiro atoms. The van der Waals surface area contributed by atoms with Crippen LogP contribution in [0.5, 0.6) is 0 Å². The molecule has 9 heteroatoms. The molecule has 0 amide bonds. The Morgan fingerprint density at radius 1 is 0.951 bits per heavy atom. The van der Waals surface area contributed by atoms with E-state index in [-0.39, 0.29) is 22.2 Å². The zero-order valence-corrected chi connectivity index (χ0v) is 22.9. The number of aromatic nitrogens is 4. The highest BCUT2D eigenvalue weighted by Gasteiger charge is 2.19. The second-order valence-corrected chi connectivity index (χ2v) is 10.4. The number of rotatable bonds is 6. The summed E-state index contributed by atoms with van der Waals surface area (Å²) < 4.78 is 31.0. The Kier molecular flexibility index (Phi) is 7.28. The van der Waals surface area contributed by atoms with Gasteiger partial charge in [-0.3, -0.25) is 9.36 Å². The lowest BCUT2D eigenvalue weighted by Crippen LogP contribution is -2.29. The van der Waals surface area contributed by atoms with Crippen LogP contribution in [0.2, 0.25) is 0 Å².